The van der Waals surface area contributed by atoms with E-state index in [2.05, 4.69) is 20.9 Å². The molecule has 0 saturated carbocycles. The molecule has 1 amide bonds. The Morgan fingerprint density at radius 2 is 1.89 bits per heavy atom. The van der Waals surface area contributed by atoms with E-state index in [1.165, 1.54) is 4.31 Å². The average Bonchev–Trinajstić information content (AvgIpc) is 2.68. The molecular formula is C18H32IN5O3S. The highest BCUT2D eigenvalue weighted by molar-refractivity contribution is 14.0. The summed E-state index contributed by atoms with van der Waals surface area (Å²) in [6.45, 7) is 3.39. The fraction of sp³-hybridized carbons (Fsp3) is 0.556. The predicted octanol–water partition coefficient (Wildman–Crippen LogP) is 1.04. The first-order chi connectivity index (χ1) is 12.8. The van der Waals surface area contributed by atoms with Crippen LogP contribution in [0.15, 0.2) is 29.3 Å². The van der Waals surface area contributed by atoms with E-state index in [4.69, 9.17) is 0 Å². The molecule has 0 bridgehead atoms. The van der Waals surface area contributed by atoms with Gasteiger partial charge >= 0.3 is 0 Å². The molecule has 0 aromatic heterocycles. The number of aliphatic imine (C=N–C) groups is 1. The number of nitrogens with one attached hydrogen (secondary N) is 3. The number of carbonyl (C=O) groups excluding carboxylic acids is 1. The lowest BCUT2D eigenvalue weighted by molar-refractivity contribution is 0.0963. The van der Waals surface area contributed by atoms with Crippen molar-refractivity contribution >= 4 is 45.9 Å². The largest absolute Gasteiger partial charge is 0.356 e. The zero-order valence-corrected chi connectivity index (χ0v) is 20.1. The number of hydrogen-bond donors (Lipinski definition) is 3. The fourth-order valence-corrected chi connectivity index (χ4v) is 3.27. The highest BCUT2D eigenvalue weighted by Crippen LogP contribution is 2.05. The second-order valence-electron chi connectivity index (χ2n) is 6.03. The summed E-state index contributed by atoms with van der Waals surface area (Å²) in [6.07, 6.45) is 1.44. The summed E-state index contributed by atoms with van der Waals surface area (Å²) in [5.41, 5.74) is 1.70. The first kappa shape index (κ1) is 26.6. The van der Waals surface area contributed by atoms with Gasteiger partial charge in [0.2, 0.25) is 10.0 Å². The third-order valence-corrected chi connectivity index (χ3v) is 5.99. The Hall–Kier alpha value is -1.40. The van der Waals surface area contributed by atoms with Crippen molar-refractivity contribution in [3.8, 4) is 0 Å². The van der Waals surface area contributed by atoms with Gasteiger partial charge in [-0.15, -0.1) is 24.0 Å². The minimum Gasteiger partial charge on any atom is -0.356 e. The summed E-state index contributed by atoms with van der Waals surface area (Å²) in [7, 11) is 1.77. The summed E-state index contributed by atoms with van der Waals surface area (Å²) in [6, 6.07) is 7.51. The van der Waals surface area contributed by atoms with Crippen LogP contribution < -0.4 is 16.0 Å². The van der Waals surface area contributed by atoms with E-state index in [-0.39, 0.29) is 35.6 Å². The molecule has 0 unspecified atom stereocenters. The van der Waals surface area contributed by atoms with Crippen molar-refractivity contribution in [2.24, 2.45) is 4.99 Å². The molecule has 0 aliphatic carbocycles. The minimum absolute atomic E-state index is 0. The summed E-state index contributed by atoms with van der Waals surface area (Å²) >= 11 is 0. The lowest BCUT2D eigenvalue weighted by Crippen LogP contribution is -2.39. The van der Waals surface area contributed by atoms with Gasteiger partial charge in [-0.25, -0.2) is 12.7 Å². The average molecular weight is 525 g/mol. The summed E-state index contributed by atoms with van der Waals surface area (Å²) in [4.78, 5) is 15.8. The topological polar surface area (TPSA) is 103 Å². The number of amides is 1. The van der Waals surface area contributed by atoms with Crippen LogP contribution in [0.25, 0.3) is 0 Å². The lowest BCUT2D eigenvalue weighted by Gasteiger charge is -2.17. The standard InChI is InChI=1S/C18H31N5O3S.HI/c1-5-27(25,26)23(4)13-7-11-21-18(20-3)22-12-10-15-8-6-9-16(14-15)17(24)19-2;/h6,8-9,14H,5,7,10-13H2,1-4H3,(H,19,24)(H2,20,21,22);1H. The van der Waals surface area contributed by atoms with Crippen LogP contribution in [0.1, 0.15) is 29.3 Å². The number of nitrogens with zero attached hydrogens (tertiary/aromatic N) is 2. The molecule has 0 atom stereocenters. The summed E-state index contributed by atoms with van der Waals surface area (Å²) < 4.78 is 24.8. The molecular weight excluding hydrogens is 493 g/mol. The molecule has 0 radical (unpaired) electrons. The van der Waals surface area contributed by atoms with Crippen molar-refractivity contribution in [3.05, 3.63) is 35.4 Å². The fourth-order valence-electron chi connectivity index (χ4n) is 2.43. The van der Waals surface area contributed by atoms with Crippen LogP contribution in [0.5, 0.6) is 0 Å². The first-order valence-electron chi connectivity index (χ1n) is 9.03. The molecule has 0 aliphatic rings. The third kappa shape index (κ3) is 9.20. The van der Waals surface area contributed by atoms with Gasteiger partial charge in [-0.05, 0) is 37.5 Å². The van der Waals surface area contributed by atoms with Crippen LogP contribution in [0.2, 0.25) is 0 Å². The number of sulfonamides is 1. The van der Waals surface area contributed by atoms with Crippen molar-refractivity contribution in [2.45, 2.75) is 19.8 Å². The number of hydrogen-bond acceptors (Lipinski definition) is 4. The smallest absolute Gasteiger partial charge is 0.251 e. The molecule has 10 heteroatoms. The van der Waals surface area contributed by atoms with Gasteiger partial charge in [0, 0.05) is 46.3 Å². The molecule has 1 aromatic carbocycles. The van der Waals surface area contributed by atoms with E-state index in [0.717, 1.165) is 12.0 Å². The molecule has 8 nitrogen and oxygen atoms in total. The monoisotopic (exact) mass is 525 g/mol. The van der Waals surface area contributed by atoms with Crippen molar-refractivity contribution in [1.29, 1.82) is 0 Å². The van der Waals surface area contributed by atoms with Gasteiger partial charge in [0.1, 0.15) is 0 Å². The Morgan fingerprint density at radius 1 is 1.21 bits per heavy atom. The summed E-state index contributed by atoms with van der Waals surface area (Å²) in [5, 5.41) is 9.01. The Morgan fingerprint density at radius 3 is 2.50 bits per heavy atom. The Kier molecular flexibility index (Phi) is 13.0. The van der Waals surface area contributed by atoms with Crippen molar-refractivity contribution in [3.63, 3.8) is 0 Å². The zero-order chi connectivity index (χ0) is 20.3. The normalized spacial score (nSPS) is 11.7. The van der Waals surface area contributed by atoms with E-state index >= 15 is 0 Å². The van der Waals surface area contributed by atoms with Crippen LogP contribution in [0, 0.1) is 0 Å². The van der Waals surface area contributed by atoms with Gasteiger partial charge in [0.25, 0.3) is 5.91 Å². The molecule has 0 heterocycles. The molecule has 1 rings (SSSR count). The number of halogens is 1. The number of rotatable bonds is 10. The maximum absolute atomic E-state index is 11.7. The molecule has 0 fully saturated rings. The number of guanidine groups is 1. The van der Waals surface area contributed by atoms with Crippen molar-refractivity contribution < 1.29 is 13.2 Å². The minimum atomic E-state index is -3.13. The van der Waals surface area contributed by atoms with Crippen LogP contribution in [-0.2, 0) is 16.4 Å². The van der Waals surface area contributed by atoms with Crippen LogP contribution in [0.4, 0.5) is 0 Å². The second-order valence-corrected chi connectivity index (χ2v) is 8.40. The third-order valence-electron chi connectivity index (χ3n) is 4.13. The molecule has 0 saturated heterocycles. The molecule has 3 N–H and O–H groups in total. The Labute approximate surface area is 185 Å². The van der Waals surface area contributed by atoms with Gasteiger partial charge in [-0.2, -0.15) is 0 Å². The van der Waals surface area contributed by atoms with Crippen LogP contribution >= 0.6 is 24.0 Å². The van der Waals surface area contributed by atoms with Gasteiger partial charge in [0.15, 0.2) is 5.96 Å². The summed E-state index contributed by atoms with van der Waals surface area (Å²) in [5.74, 6) is 0.678. The maximum Gasteiger partial charge on any atom is 0.251 e. The molecule has 1 aromatic rings. The van der Waals surface area contributed by atoms with Gasteiger partial charge < -0.3 is 16.0 Å². The highest BCUT2D eigenvalue weighted by Gasteiger charge is 2.13. The zero-order valence-electron chi connectivity index (χ0n) is 17.0. The molecule has 28 heavy (non-hydrogen) atoms. The van der Waals surface area contributed by atoms with E-state index in [0.29, 0.717) is 37.6 Å². The lowest BCUT2D eigenvalue weighted by atomic mass is 10.1. The predicted molar refractivity (Wildman–Crippen MR) is 125 cm³/mol. The molecule has 160 valence electrons. The highest BCUT2D eigenvalue weighted by atomic mass is 127. The maximum atomic E-state index is 11.7. The molecule has 0 spiro atoms. The number of carbonyl (C=O) groups is 1. The SMILES string of the molecule is CCS(=O)(=O)N(C)CCCNC(=NC)NCCc1cccc(C(=O)NC)c1.I. The van der Waals surface area contributed by atoms with E-state index in [1.54, 1.807) is 34.1 Å². The quantitative estimate of drug-likeness (QED) is 0.184. The van der Waals surface area contributed by atoms with Crippen LogP contribution in [0.3, 0.4) is 0 Å². The van der Waals surface area contributed by atoms with Crippen molar-refractivity contribution in [1.82, 2.24) is 20.3 Å². The van der Waals surface area contributed by atoms with E-state index in [9.17, 15) is 13.2 Å². The second kappa shape index (κ2) is 13.7. The first-order valence-corrected chi connectivity index (χ1v) is 10.6. The van der Waals surface area contributed by atoms with Gasteiger partial charge in [0.05, 0.1) is 5.75 Å². The van der Waals surface area contributed by atoms with Gasteiger partial charge in [-0.3, -0.25) is 9.79 Å². The van der Waals surface area contributed by atoms with Crippen molar-refractivity contribution in [2.75, 3.05) is 46.5 Å². The molecule has 0 aliphatic heterocycles. The number of benzene rings is 1. The van der Waals surface area contributed by atoms with E-state index in [1.807, 2.05) is 18.2 Å². The van der Waals surface area contributed by atoms with Crippen LogP contribution in [-0.4, -0.2) is 71.1 Å². The van der Waals surface area contributed by atoms with E-state index < -0.39 is 10.0 Å². The Bertz CT molecular complexity index is 740. The Balaban J connectivity index is 0.00000729. The van der Waals surface area contributed by atoms with Gasteiger partial charge in [-0.1, -0.05) is 12.1 Å².